The largest absolute Gasteiger partial charge is 0.341 e. The van der Waals surface area contributed by atoms with E-state index in [2.05, 4.69) is 9.97 Å². The topological polar surface area (TPSA) is 28.7 Å². The highest BCUT2D eigenvalue weighted by atomic mass is 35.6. The Balaban J connectivity index is 2.26. The first-order valence-electron chi connectivity index (χ1n) is 4.61. The molecule has 0 aliphatic carbocycles. The van der Waals surface area contributed by atoms with Crippen molar-refractivity contribution < 1.29 is 0 Å². The molecule has 1 aromatic heterocycles. The van der Waals surface area contributed by atoms with Gasteiger partial charge in [-0.1, -0.05) is 46.9 Å². The maximum atomic E-state index is 6.12. The monoisotopic (exact) mass is 296 g/mol. The van der Waals surface area contributed by atoms with Crippen molar-refractivity contribution in [2.45, 2.75) is 15.6 Å². The molecule has 0 amide bonds. The van der Waals surface area contributed by atoms with Crippen LogP contribution in [0.4, 0.5) is 0 Å². The van der Waals surface area contributed by atoms with E-state index in [-0.39, 0.29) is 6.42 Å². The lowest BCUT2D eigenvalue weighted by Gasteiger charge is -2.13. The third-order valence-corrected chi connectivity index (χ3v) is 2.94. The van der Waals surface area contributed by atoms with E-state index in [0.717, 1.165) is 11.0 Å². The normalized spacial score (nSPS) is 14.2. The summed E-state index contributed by atoms with van der Waals surface area (Å²) in [6.45, 7) is 0. The predicted octanol–water partition coefficient (Wildman–Crippen LogP) is 4.60. The first-order valence-corrected chi connectivity index (χ1v) is 6.18. The molecule has 1 N–H and O–H groups in total. The molecule has 6 heteroatoms. The number of H-pyrrole nitrogens is 1. The summed E-state index contributed by atoms with van der Waals surface area (Å²) in [4.78, 5) is 7.43. The van der Waals surface area contributed by atoms with Gasteiger partial charge in [-0.2, -0.15) is 0 Å². The van der Waals surface area contributed by atoms with Crippen LogP contribution >= 0.6 is 46.4 Å². The van der Waals surface area contributed by atoms with Crippen LogP contribution in [-0.4, -0.2) is 13.8 Å². The van der Waals surface area contributed by atoms with E-state index in [1.165, 1.54) is 0 Å². The van der Waals surface area contributed by atoms with Crippen molar-refractivity contribution in [1.29, 1.82) is 0 Å². The van der Waals surface area contributed by atoms with Crippen molar-refractivity contribution in [1.82, 2.24) is 9.97 Å². The lowest BCUT2D eigenvalue weighted by Crippen LogP contribution is -2.07. The first-order chi connectivity index (χ1) is 7.46. The number of aromatic amines is 1. The fourth-order valence-electron chi connectivity index (χ4n) is 1.42. The molecule has 0 spiro atoms. The molecule has 0 bridgehead atoms. The van der Waals surface area contributed by atoms with Gasteiger partial charge in [-0.25, -0.2) is 4.98 Å². The van der Waals surface area contributed by atoms with Crippen LogP contribution in [0.5, 0.6) is 0 Å². The van der Waals surface area contributed by atoms with Crippen molar-refractivity contribution in [2.24, 2.45) is 0 Å². The smallest absolute Gasteiger partial charge is 0.192 e. The molecule has 0 aliphatic heterocycles. The number of benzene rings is 1. The summed E-state index contributed by atoms with van der Waals surface area (Å²) in [5.41, 5.74) is 1.78. The second-order valence-corrected chi connectivity index (χ2v) is 6.47. The van der Waals surface area contributed by atoms with Crippen LogP contribution in [0.2, 0.25) is 0 Å². The molecule has 0 saturated heterocycles. The molecule has 1 atom stereocenters. The summed E-state index contributed by atoms with van der Waals surface area (Å²) in [5, 5.41) is -0.445. The number of para-hydroxylation sites is 2. The molecule has 1 aromatic carbocycles. The number of halogens is 4. The van der Waals surface area contributed by atoms with Gasteiger partial charge in [-0.15, -0.1) is 11.6 Å². The van der Waals surface area contributed by atoms with E-state index in [1.54, 1.807) is 0 Å². The fraction of sp³-hybridized carbons (Fsp3) is 0.300. The molecule has 0 aliphatic rings. The van der Waals surface area contributed by atoms with Gasteiger partial charge in [-0.05, 0) is 12.1 Å². The highest BCUT2D eigenvalue weighted by Gasteiger charge is 2.26. The Labute approximate surface area is 113 Å². The van der Waals surface area contributed by atoms with E-state index in [1.807, 2.05) is 24.3 Å². The Morgan fingerprint density at radius 2 is 1.94 bits per heavy atom. The van der Waals surface area contributed by atoms with Crippen LogP contribution in [0.15, 0.2) is 24.3 Å². The molecule has 0 radical (unpaired) electrons. The number of rotatable bonds is 2. The Morgan fingerprint density at radius 3 is 2.56 bits per heavy atom. The third kappa shape index (κ3) is 2.95. The lowest BCUT2D eigenvalue weighted by atomic mass is 10.3. The Bertz CT molecular complexity index is 456. The zero-order valence-electron chi connectivity index (χ0n) is 8.05. The second-order valence-electron chi connectivity index (χ2n) is 3.43. The van der Waals surface area contributed by atoms with Gasteiger partial charge in [-0.3, -0.25) is 0 Å². The summed E-state index contributed by atoms with van der Waals surface area (Å²) in [6.07, 6.45) is 0.207. The van der Waals surface area contributed by atoms with Crippen LogP contribution in [0.3, 0.4) is 0 Å². The zero-order chi connectivity index (χ0) is 11.8. The standard InChI is InChI=1S/C10H8Cl4N2/c11-6(5-10(12,13)14)9-15-7-3-1-2-4-8(7)16-9/h1-4,6H,5H2,(H,15,16). The van der Waals surface area contributed by atoms with Crippen molar-refractivity contribution >= 4 is 57.4 Å². The fourth-order valence-corrected chi connectivity index (χ4v) is 2.46. The molecule has 1 heterocycles. The Kier molecular flexibility index (Phi) is 3.55. The predicted molar refractivity (Wildman–Crippen MR) is 69.6 cm³/mol. The molecule has 2 rings (SSSR count). The number of nitrogens with one attached hydrogen (secondary N) is 1. The molecule has 16 heavy (non-hydrogen) atoms. The van der Waals surface area contributed by atoms with Crippen molar-refractivity contribution in [3.63, 3.8) is 0 Å². The Morgan fingerprint density at radius 1 is 1.25 bits per heavy atom. The van der Waals surface area contributed by atoms with Crippen LogP contribution in [0, 0.1) is 0 Å². The van der Waals surface area contributed by atoms with Gasteiger partial charge in [0.25, 0.3) is 0 Å². The average Bonchev–Trinajstić information content (AvgIpc) is 2.58. The molecule has 0 saturated carbocycles. The van der Waals surface area contributed by atoms with E-state index in [9.17, 15) is 0 Å². The van der Waals surface area contributed by atoms with Gasteiger partial charge < -0.3 is 4.98 Å². The molecule has 1 unspecified atom stereocenters. The summed E-state index contributed by atoms with van der Waals surface area (Å²) >= 11 is 23.2. The Hall–Kier alpha value is -0.150. The number of hydrogen-bond acceptors (Lipinski definition) is 1. The van der Waals surface area contributed by atoms with E-state index in [4.69, 9.17) is 46.4 Å². The quantitative estimate of drug-likeness (QED) is 0.806. The van der Waals surface area contributed by atoms with Gasteiger partial charge in [0.05, 0.1) is 16.4 Å². The highest BCUT2D eigenvalue weighted by Crippen LogP contribution is 2.38. The van der Waals surface area contributed by atoms with Crippen LogP contribution < -0.4 is 0 Å². The molecular formula is C10H8Cl4N2. The minimum atomic E-state index is -1.37. The van der Waals surface area contributed by atoms with Gasteiger partial charge in [0, 0.05) is 6.42 Å². The maximum absolute atomic E-state index is 6.12. The number of imidazole rings is 1. The molecule has 86 valence electrons. The number of fused-ring (bicyclic) bond motifs is 1. The van der Waals surface area contributed by atoms with E-state index in [0.29, 0.717) is 5.82 Å². The van der Waals surface area contributed by atoms with Crippen molar-refractivity contribution in [2.75, 3.05) is 0 Å². The highest BCUT2D eigenvalue weighted by molar-refractivity contribution is 6.67. The van der Waals surface area contributed by atoms with Gasteiger partial charge >= 0.3 is 0 Å². The number of nitrogens with zero attached hydrogens (tertiary/aromatic N) is 1. The summed E-state index contributed by atoms with van der Waals surface area (Å²) in [6, 6.07) is 7.65. The number of aromatic nitrogens is 2. The van der Waals surface area contributed by atoms with Crippen molar-refractivity contribution in [3.05, 3.63) is 30.1 Å². The van der Waals surface area contributed by atoms with E-state index >= 15 is 0 Å². The molecule has 2 nitrogen and oxygen atoms in total. The number of hydrogen-bond donors (Lipinski definition) is 1. The molecular weight excluding hydrogens is 290 g/mol. The van der Waals surface area contributed by atoms with Crippen molar-refractivity contribution in [3.8, 4) is 0 Å². The van der Waals surface area contributed by atoms with Gasteiger partial charge in [0.2, 0.25) is 0 Å². The second kappa shape index (κ2) is 4.61. The minimum absolute atomic E-state index is 0.207. The molecule has 0 fully saturated rings. The summed E-state index contributed by atoms with van der Waals surface area (Å²) in [7, 11) is 0. The third-order valence-electron chi connectivity index (χ3n) is 2.12. The minimum Gasteiger partial charge on any atom is -0.341 e. The molecule has 2 aromatic rings. The summed E-state index contributed by atoms with van der Waals surface area (Å²) in [5.74, 6) is 0.620. The van der Waals surface area contributed by atoms with E-state index < -0.39 is 9.17 Å². The summed E-state index contributed by atoms with van der Waals surface area (Å²) < 4.78 is -1.37. The first kappa shape index (κ1) is 12.3. The SMILES string of the molecule is ClC(CC(Cl)(Cl)Cl)c1nc2ccccc2[nH]1. The number of alkyl halides is 4. The van der Waals surface area contributed by atoms with Crippen LogP contribution in [-0.2, 0) is 0 Å². The zero-order valence-corrected chi connectivity index (χ0v) is 11.1. The van der Waals surface area contributed by atoms with Crippen LogP contribution in [0.25, 0.3) is 11.0 Å². The van der Waals surface area contributed by atoms with Gasteiger partial charge in [0.15, 0.2) is 3.79 Å². The average molecular weight is 298 g/mol. The van der Waals surface area contributed by atoms with Crippen LogP contribution in [0.1, 0.15) is 17.6 Å². The lowest BCUT2D eigenvalue weighted by molar-refractivity contribution is 0.779. The maximum Gasteiger partial charge on any atom is 0.192 e. The van der Waals surface area contributed by atoms with Gasteiger partial charge in [0.1, 0.15) is 5.82 Å².